The normalized spacial score (nSPS) is 12.9. The standard InChI is InChI=1S/C20H23FN2O5/c1-12(2)17(23-19(25)16-5-4-10-27-16)20(26)28-13(3)18(24)22-11-14-6-8-15(21)9-7-14/h4-10,12-13,17H,11H2,1-3H3,(H,22,24)(H,23,25)/t13?,17-/m0/s1. The Kier molecular flexibility index (Phi) is 7.31. The highest BCUT2D eigenvalue weighted by Crippen LogP contribution is 2.09. The van der Waals surface area contributed by atoms with Crippen LogP contribution in [0.25, 0.3) is 0 Å². The summed E-state index contributed by atoms with van der Waals surface area (Å²) in [5.74, 6) is -2.33. The van der Waals surface area contributed by atoms with Crippen LogP contribution in [0.4, 0.5) is 4.39 Å². The number of halogens is 1. The zero-order valence-electron chi connectivity index (χ0n) is 15.9. The summed E-state index contributed by atoms with van der Waals surface area (Å²) in [6.07, 6.45) is 0.292. The van der Waals surface area contributed by atoms with Gasteiger partial charge < -0.3 is 19.8 Å². The summed E-state index contributed by atoms with van der Waals surface area (Å²) in [5, 5.41) is 5.17. The molecule has 0 aliphatic rings. The van der Waals surface area contributed by atoms with Crippen molar-refractivity contribution < 1.29 is 27.9 Å². The van der Waals surface area contributed by atoms with Crippen molar-refractivity contribution in [2.24, 2.45) is 5.92 Å². The molecule has 2 rings (SSSR count). The molecular weight excluding hydrogens is 367 g/mol. The SMILES string of the molecule is CC(OC(=O)[C@@H](NC(=O)c1ccco1)C(C)C)C(=O)NCc1ccc(F)cc1. The van der Waals surface area contributed by atoms with E-state index in [-0.39, 0.29) is 24.0 Å². The number of carbonyl (C=O) groups is 3. The molecule has 0 radical (unpaired) electrons. The van der Waals surface area contributed by atoms with Crippen molar-refractivity contribution in [3.05, 3.63) is 59.8 Å². The molecule has 0 spiro atoms. The topological polar surface area (TPSA) is 97.6 Å². The summed E-state index contributed by atoms with van der Waals surface area (Å²) in [7, 11) is 0. The first-order valence-electron chi connectivity index (χ1n) is 8.85. The van der Waals surface area contributed by atoms with Crippen molar-refractivity contribution in [3.8, 4) is 0 Å². The maximum Gasteiger partial charge on any atom is 0.329 e. The molecule has 0 aliphatic carbocycles. The van der Waals surface area contributed by atoms with Gasteiger partial charge in [0.2, 0.25) is 0 Å². The van der Waals surface area contributed by atoms with Crippen molar-refractivity contribution in [1.29, 1.82) is 0 Å². The number of amides is 2. The monoisotopic (exact) mass is 390 g/mol. The average molecular weight is 390 g/mol. The van der Waals surface area contributed by atoms with Crippen molar-refractivity contribution in [1.82, 2.24) is 10.6 Å². The third-order valence-corrected chi connectivity index (χ3v) is 3.99. The zero-order chi connectivity index (χ0) is 20.7. The lowest BCUT2D eigenvalue weighted by Gasteiger charge is -2.22. The minimum absolute atomic E-state index is 0.0727. The number of nitrogens with one attached hydrogen (secondary N) is 2. The Morgan fingerprint density at radius 2 is 1.79 bits per heavy atom. The lowest BCUT2D eigenvalue weighted by Crippen LogP contribution is -2.47. The number of carbonyl (C=O) groups excluding carboxylic acids is 3. The van der Waals surface area contributed by atoms with E-state index in [1.165, 1.54) is 31.4 Å². The Balaban J connectivity index is 1.89. The summed E-state index contributed by atoms with van der Waals surface area (Å²) in [4.78, 5) is 36.7. The highest BCUT2D eigenvalue weighted by Gasteiger charge is 2.29. The van der Waals surface area contributed by atoms with E-state index in [1.807, 2.05) is 0 Å². The summed E-state index contributed by atoms with van der Waals surface area (Å²) in [6, 6.07) is 7.77. The number of ether oxygens (including phenoxy) is 1. The Morgan fingerprint density at radius 3 is 2.36 bits per heavy atom. The van der Waals surface area contributed by atoms with Crippen LogP contribution in [-0.4, -0.2) is 29.9 Å². The van der Waals surface area contributed by atoms with Crippen LogP contribution in [0, 0.1) is 11.7 Å². The quantitative estimate of drug-likeness (QED) is 0.675. The molecule has 150 valence electrons. The van der Waals surface area contributed by atoms with Gasteiger partial charge in [0, 0.05) is 6.54 Å². The maximum atomic E-state index is 12.9. The molecule has 8 heteroatoms. The first-order chi connectivity index (χ1) is 13.3. The van der Waals surface area contributed by atoms with Gasteiger partial charge in [-0.3, -0.25) is 9.59 Å². The first-order valence-corrected chi connectivity index (χ1v) is 8.85. The van der Waals surface area contributed by atoms with E-state index in [1.54, 1.807) is 32.0 Å². The van der Waals surface area contributed by atoms with Crippen molar-refractivity contribution in [2.45, 2.75) is 39.5 Å². The van der Waals surface area contributed by atoms with Gasteiger partial charge in [0.25, 0.3) is 11.8 Å². The third kappa shape index (κ3) is 5.94. The molecule has 0 saturated heterocycles. The molecule has 2 amide bonds. The molecule has 0 fully saturated rings. The Hall–Kier alpha value is -3.16. The van der Waals surface area contributed by atoms with Gasteiger partial charge in [0.15, 0.2) is 11.9 Å². The predicted molar refractivity (Wildman–Crippen MR) is 98.6 cm³/mol. The lowest BCUT2D eigenvalue weighted by atomic mass is 10.0. The highest BCUT2D eigenvalue weighted by atomic mass is 19.1. The summed E-state index contributed by atoms with van der Waals surface area (Å²) in [6.45, 7) is 5.09. The van der Waals surface area contributed by atoms with E-state index in [4.69, 9.17) is 9.15 Å². The van der Waals surface area contributed by atoms with Gasteiger partial charge in [-0.15, -0.1) is 0 Å². The van der Waals surface area contributed by atoms with Gasteiger partial charge in [-0.25, -0.2) is 9.18 Å². The maximum absolute atomic E-state index is 12.9. The van der Waals surface area contributed by atoms with E-state index in [9.17, 15) is 18.8 Å². The molecule has 0 aliphatic heterocycles. The van der Waals surface area contributed by atoms with Crippen LogP contribution in [-0.2, 0) is 20.9 Å². The fourth-order valence-corrected chi connectivity index (χ4v) is 2.35. The van der Waals surface area contributed by atoms with Gasteiger partial charge in [-0.05, 0) is 42.7 Å². The lowest BCUT2D eigenvalue weighted by molar-refractivity contribution is -0.157. The van der Waals surface area contributed by atoms with Crippen molar-refractivity contribution in [2.75, 3.05) is 0 Å². The second kappa shape index (κ2) is 9.68. The van der Waals surface area contributed by atoms with E-state index in [2.05, 4.69) is 10.6 Å². The molecule has 2 atom stereocenters. The number of benzene rings is 1. The Labute approximate surface area is 162 Å². The summed E-state index contributed by atoms with van der Waals surface area (Å²) >= 11 is 0. The smallest absolute Gasteiger partial charge is 0.329 e. The van der Waals surface area contributed by atoms with Gasteiger partial charge >= 0.3 is 5.97 Å². The van der Waals surface area contributed by atoms with Crippen LogP contribution in [0.2, 0.25) is 0 Å². The summed E-state index contributed by atoms with van der Waals surface area (Å²) < 4.78 is 23.1. The molecule has 1 aromatic heterocycles. The van der Waals surface area contributed by atoms with E-state index < -0.39 is 29.9 Å². The minimum atomic E-state index is -1.06. The molecule has 1 heterocycles. The molecule has 2 N–H and O–H groups in total. The van der Waals surface area contributed by atoms with Crippen molar-refractivity contribution >= 4 is 17.8 Å². The van der Waals surface area contributed by atoms with Crippen LogP contribution in [0.5, 0.6) is 0 Å². The van der Waals surface area contributed by atoms with E-state index >= 15 is 0 Å². The second-order valence-electron chi connectivity index (χ2n) is 6.60. The van der Waals surface area contributed by atoms with E-state index in [0.717, 1.165) is 0 Å². The van der Waals surface area contributed by atoms with Gasteiger partial charge in [-0.2, -0.15) is 0 Å². The molecule has 1 unspecified atom stereocenters. The second-order valence-corrected chi connectivity index (χ2v) is 6.60. The van der Waals surface area contributed by atoms with Crippen molar-refractivity contribution in [3.63, 3.8) is 0 Å². The highest BCUT2D eigenvalue weighted by molar-refractivity contribution is 5.95. The molecule has 1 aromatic carbocycles. The average Bonchev–Trinajstić information content (AvgIpc) is 3.19. The fourth-order valence-electron chi connectivity index (χ4n) is 2.35. The fraction of sp³-hybridized carbons (Fsp3) is 0.350. The van der Waals surface area contributed by atoms with E-state index in [0.29, 0.717) is 5.56 Å². The van der Waals surface area contributed by atoms with Crippen LogP contribution < -0.4 is 10.6 Å². The largest absolute Gasteiger partial charge is 0.459 e. The first kappa shape index (κ1) is 21.1. The molecule has 2 aromatic rings. The summed E-state index contributed by atoms with van der Waals surface area (Å²) in [5.41, 5.74) is 0.707. The minimum Gasteiger partial charge on any atom is -0.459 e. The molecular formula is C20H23FN2O5. The van der Waals surface area contributed by atoms with Crippen LogP contribution in [0.1, 0.15) is 36.9 Å². The molecule has 28 heavy (non-hydrogen) atoms. The van der Waals surface area contributed by atoms with Crippen LogP contribution in [0.15, 0.2) is 47.1 Å². The number of rotatable bonds is 8. The van der Waals surface area contributed by atoms with Gasteiger partial charge in [-0.1, -0.05) is 26.0 Å². The molecule has 0 saturated carbocycles. The number of esters is 1. The predicted octanol–water partition coefficient (Wildman–Crippen LogP) is 2.42. The Bertz CT molecular complexity index is 803. The zero-order valence-corrected chi connectivity index (χ0v) is 15.9. The molecule has 0 bridgehead atoms. The van der Waals surface area contributed by atoms with Crippen LogP contribution >= 0.6 is 0 Å². The Morgan fingerprint density at radius 1 is 1.11 bits per heavy atom. The van der Waals surface area contributed by atoms with Crippen LogP contribution in [0.3, 0.4) is 0 Å². The van der Waals surface area contributed by atoms with Gasteiger partial charge in [0.05, 0.1) is 6.26 Å². The number of hydrogen-bond donors (Lipinski definition) is 2. The number of furan rings is 1. The number of hydrogen-bond acceptors (Lipinski definition) is 5. The van der Waals surface area contributed by atoms with Gasteiger partial charge in [0.1, 0.15) is 11.9 Å². The molecule has 7 nitrogen and oxygen atoms in total. The third-order valence-electron chi connectivity index (χ3n) is 3.99.